The highest BCUT2D eigenvalue weighted by Crippen LogP contribution is 2.40. The molecular weight excluding hydrogens is 296 g/mol. The van der Waals surface area contributed by atoms with Crippen molar-refractivity contribution in [1.29, 1.82) is 0 Å². The van der Waals surface area contributed by atoms with E-state index in [1.54, 1.807) is 18.2 Å². The highest BCUT2D eigenvalue weighted by molar-refractivity contribution is 7.92. The molecule has 0 radical (unpaired) electrons. The standard InChI is InChI=1S/C14H18O6S/c1-10(15)14(9-11(13(16)17)7-8-20-14)21(18,19)12-5-3-2-4-6-12/h2-6,10-11,15H,7-9H2,1H3,(H,16,17). The van der Waals surface area contributed by atoms with Gasteiger partial charge in [-0.3, -0.25) is 4.79 Å². The molecule has 1 aromatic carbocycles. The molecule has 0 saturated carbocycles. The van der Waals surface area contributed by atoms with Gasteiger partial charge < -0.3 is 14.9 Å². The summed E-state index contributed by atoms with van der Waals surface area (Å²) in [7, 11) is -4.02. The molecule has 1 saturated heterocycles. The van der Waals surface area contributed by atoms with E-state index in [1.165, 1.54) is 19.1 Å². The summed E-state index contributed by atoms with van der Waals surface area (Å²) in [5.74, 6) is -1.93. The Morgan fingerprint density at radius 2 is 2.00 bits per heavy atom. The normalized spacial score (nSPS) is 28.0. The maximum Gasteiger partial charge on any atom is 0.306 e. The molecule has 0 aliphatic carbocycles. The van der Waals surface area contributed by atoms with Gasteiger partial charge in [0, 0.05) is 13.0 Å². The Kier molecular flexibility index (Phi) is 4.36. The van der Waals surface area contributed by atoms with Crippen molar-refractivity contribution >= 4 is 15.8 Å². The second-order valence-electron chi connectivity index (χ2n) is 5.18. The van der Waals surface area contributed by atoms with E-state index in [1.807, 2.05) is 0 Å². The summed E-state index contributed by atoms with van der Waals surface area (Å²) < 4.78 is 31.1. The molecule has 3 atom stereocenters. The Bertz CT molecular complexity index is 610. The third kappa shape index (κ3) is 2.68. The molecule has 2 rings (SSSR count). The second-order valence-corrected chi connectivity index (χ2v) is 7.35. The van der Waals surface area contributed by atoms with Crippen LogP contribution in [0.3, 0.4) is 0 Å². The zero-order valence-corrected chi connectivity index (χ0v) is 12.4. The molecule has 1 heterocycles. The summed E-state index contributed by atoms with van der Waals surface area (Å²) in [6.45, 7) is 1.29. The number of carboxylic acid groups (broad SMARTS) is 1. The first kappa shape index (κ1) is 15.9. The van der Waals surface area contributed by atoms with Crippen LogP contribution >= 0.6 is 0 Å². The Labute approximate surface area is 123 Å². The van der Waals surface area contributed by atoms with Gasteiger partial charge in [0.1, 0.15) is 0 Å². The fraction of sp³-hybridized carbons (Fsp3) is 0.500. The largest absolute Gasteiger partial charge is 0.481 e. The minimum Gasteiger partial charge on any atom is -0.481 e. The van der Waals surface area contributed by atoms with Gasteiger partial charge in [-0.15, -0.1) is 0 Å². The molecule has 1 aliphatic rings. The smallest absolute Gasteiger partial charge is 0.306 e. The van der Waals surface area contributed by atoms with Crippen molar-refractivity contribution < 1.29 is 28.2 Å². The predicted molar refractivity (Wildman–Crippen MR) is 74.4 cm³/mol. The summed E-state index contributed by atoms with van der Waals surface area (Å²) >= 11 is 0. The summed E-state index contributed by atoms with van der Waals surface area (Å²) in [6, 6.07) is 7.64. The summed E-state index contributed by atoms with van der Waals surface area (Å²) in [6.07, 6.45) is -1.38. The Morgan fingerprint density at radius 1 is 1.38 bits per heavy atom. The highest BCUT2D eigenvalue weighted by Gasteiger charge is 2.54. The minimum atomic E-state index is -4.02. The van der Waals surface area contributed by atoms with Crippen molar-refractivity contribution in [2.75, 3.05) is 6.61 Å². The number of carboxylic acids is 1. The Morgan fingerprint density at radius 3 is 2.52 bits per heavy atom. The maximum absolute atomic E-state index is 12.8. The first-order valence-electron chi connectivity index (χ1n) is 6.66. The lowest BCUT2D eigenvalue weighted by Crippen LogP contribution is -2.55. The number of hydrogen-bond donors (Lipinski definition) is 2. The van der Waals surface area contributed by atoms with E-state index < -0.39 is 32.8 Å². The molecule has 6 nitrogen and oxygen atoms in total. The average Bonchev–Trinajstić information content (AvgIpc) is 2.47. The van der Waals surface area contributed by atoms with Gasteiger partial charge in [0.05, 0.1) is 16.9 Å². The van der Waals surface area contributed by atoms with Gasteiger partial charge in [0.2, 0.25) is 9.84 Å². The highest BCUT2D eigenvalue weighted by atomic mass is 32.2. The zero-order valence-electron chi connectivity index (χ0n) is 11.6. The van der Waals surface area contributed by atoms with Crippen LogP contribution in [-0.2, 0) is 19.4 Å². The van der Waals surface area contributed by atoms with Crippen LogP contribution < -0.4 is 0 Å². The van der Waals surface area contributed by atoms with Gasteiger partial charge >= 0.3 is 5.97 Å². The molecule has 0 spiro atoms. The van der Waals surface area contributed by atoms with Gasteiger partial charge in [0.25, 0.3) is 0 Å². The van der Waals surface area contributed by atoms with Crippen LogP contribution in [0.4, 0.5) is 0 Å². The van der Waals surface area contributed by atoms with Crippen molar-refractivity contribution in [3.63, 3.8) is 0 Å². The molecule has 2 N–H and O–H groups in total. The van der Waals surface area contributed by atoms with Gasteiger partial charge in [-0.2, -0.15) is 0 Å². The molecule has 116 valence electrons. The van der Waals surface area contributed by atoms with Crippen LogP contribution in [0.5, 0.6) is 0 Å². The van der Waals surface area contributed by atoms with Gasteiger partial charge in [-0.05, 0) is 25.5 Å². The third-order valence-electron chi connectivity index (χ3n) is 3.84. The van der Waals surface area contributed by atoms with Crippen LogP contribution in [0.15, 0.2) is 35.2 Å². The van der Waals surface area contributed by atoms with Crippen molar-refractivity contribution in [2.45, 2.75) is 35.7 Å². The van der Waals surface area contributed by atoms with E-state index in [0.717, 1.165) is 0 Å². The van der Waals surface area contributed by atoms with Crippen molar-refractivity contribution in [1.82, 2.24) is 0 Å². The second kappa shape index (κ2) is 5.75. The Hall–Kier alpha value is -1.44. The molecule has 0 bridgehead atoms. The number of ether oxygens (including phenoxy) is 1. The Balaban J connectivity index is 2.50. The third-order valence-corrected chi connectivity index (χ3v) is 6.27. The maximum atomic E-state index is 12.8. The van der Waals surface area contributed by atoms with E-state index >= 15 is 0 Å². The molecule has 0 amide bonds. The number of rotatable bonds is 4. The molecule has 21 heavy (non-hydrogen) atoms. The molecule has 1 aliphatic heterocycles. The fourth-order valence-electron chi connectivity index (χ4n) is 2.59. The SMILES string of the molecule is CC(O)C1(S(=O)(=O)c2ccccc2)CC(C(=O)O)CCO1. The van der Waals surface area contributed by atoms with Crippen LogP contribution in [-0.4, -0.2) is 42.2 Å². The molecule has 3 unspecified atom stereocenters. The van der Waals surface area contributed by atoms with Crippen LogP contribution in [0, 0.1) is 5.92 Å². The summed E-state index contributed by atoms with van der Waals surface area (Å²) in [4.78, 5) is 9.29. The lowest BCUT2D eigenvalue weighted by atomic mass is 9.93. The van der Waals surface area contributed by atoms with E-state index in [-0.39, 0.29) is 24.3 Å². The van der Waals surface area contributed by atoms with E-state index in [4.69, 9.17) is 9.84 Å². The molecule has 1 aromatic rings. The molecule has 7 heteroatoms. The molecule has 1 fully saturated rings. The van der Waals surface area contributed by atoms with Gasteiger partial charge in [0.15, 0.2) is 4.93 Å². The topological polar surface area (TPSA) is 101 Å². The average molecular weight is 314 g/mol. The number of benzene rings is 1. The van der Waals surface area contributed by atoms with Gasteiger partial charge in [-0.25, -0.2) is 8.42 Å². The molecular formula is C14H18O6S. The summed E-state index contributed by atoms with van der Waals surface area (Å²) in [5, 5.41) is 19.2. The number of sulfone groups is 1. The minimum absolute atomic E-state index is 0.0111. The lowest BCUT2D eigenvalue weighted by Gasteiger charge is -2.40. The first-order valence-corrected chi connectivity index (χ1v) is 8.14. The van der Waals surface area contributed by atoms with E-state index in [9.17, 15) is 18.3 Å². The molecule has 0 aromatic heterocycles. The van der Waals surface area contributed by atoms with Crippen molar-refractivity contribution in [3.8, 4) is 0 Å². The number of aliphatic hydroxyl groups excluding tert-OH is 1. The van der Waals surface area contributed by atoms with E-state index in [2.05, 4.69) is 0 Å². The van der Waals surface area contributed by atoms with E-state index in [0.29, 0.717) is 0 Å². The summed E-state index contributed by atoms with van der Waals surface area (Å²) in [5.41, 5.74) is 0. The quantitative estimate of drug-likeness (QED) is 0.861. The number of aliphatic hydroxyl groups is 1. The fourth-order valence-corrected chi connectivity index (χ4v) is 4.61. The predicted octanol–water partition coefficient (Wildman–Crippen LogP) is 1.05. The van der Waals surface area contributed by atoms with Crippen molar-refractivity contribution in [3.05, 3.63) is 30.3 Å². The number of carbonyl (C=O) groups is 1. The first-order chi connectivity index (χ1) is 9.81. The van der Waals surface area contributed by atoms with Crippen molar-refractivity contribution in [2.24, 2.45) is 5.92 Å². The number of aliphatic carboxylic acids is 1. The van der Waals surface area contributed by atoms with Crippen LogP contribution in [0.1, 0.15) is 19.8 Å². The van der Waals surface area contributed by atoms with Gasteiger partial charge in [-0.1, -0.05) is 18.2 Å². The number of hydrogen-bond acceptors (Lipinski definition) is 5. The van der Waals surface area contributed by atoms with Crippen LogP contribution in [0.25, 0.3) is 0 Å². The van der Waals surface area contributed by atoms with Crippen LogP contribution in [0.2, 0.25) is 0 Å². The zero-order chi connectivity index (χ0) is 15.7. The monoisotopic (exact) mass is 314 g/mol. The lowest BCUT2D eigenvalue weighted by molar-refractivity contribution is -0.153.